The zero-order valence-corrected chi connectivity index (χ0v) is 74.5. The van der Waals surface area contributed by atoms with E-state index in [1.54, 1.807) is 12.2 Å². The zero-order valence-electron chi connectivity index (χ0n) is 74.5. The maximum Gasteiger partial charge on any atom is 0.0462 e. The van der Waals surface area contributed by atoms with Gasteiger partial charge in [0.1, 0.15) is 0 Å². The van der Waals surface area contributed by atoms with Crippen LogP contribution in [0.3, 0.4) is 0 Å². The molecule has 18 aromatic rings. The van der Waals surface area contributed by atoms with Crippen LogP contribution in [0.1, 0.15) is 77.8 Å². The first-order chi connectivity index (χ1) is 62.6. The van der Waals surface area contributed by atoms with Crippen molar-refractivity contribution in [1.82, 2.24) is 0 Å². The lowest BCUT2D eigenvalue weighted by atomic mass is 9.69. The molecule has 0 heterocycles. The molecule has 4 nitrogen and oxygen atoms in total. The molecule has 0 spiro atoms. The standard InChI is InChI=1S/C65H53N3.C53H43N.2C3H6/c1-46-20-32-57(33-21-46)67(55-16-10-6-11-17-55)59-38-26-49(27-39-59)51-30-42-61-62-43-31-52(45-64(62)65(2,3)63(61)44-51)50-28-40-60(41-29-50)68(56-18-12-7-13-19-56)58-36-24-48(25-37-58)47-22-34-54(35-23-47)66(4)53-14-8-5-9-15-53;1-38-18-22-42(23-19-38)44-26-32-49-50-33-27-45(43-24-30-48(31-25-43)54(46-16-10-5-11-17-46)47-28-20-39(2)21-29-47)35-52(50)53(51(49)34-44,36-40-12-6-3-7-13-40)37-41-14-8-4-9-15-41;2*1-3-2/h5-45H,1-4H3;3-35H,36-37H2,1-2H3;2*3H,1H2,2H3. The van der Waals surface area contributed by atoms with E-state index in [1.807, 2.05) is 13.8 Å². The number of allylic oxidation sites excluding steroid dienone is 2. The molecule has 0 atom stereocenters. The third-order valence-corrected chi connectivity index (χ3v) is 25.0. The second-order valence-electron chi connectivity index (χ2n) is 34.1. The van der Waals surface area contributed by atoms with Crippen molar-refractivity contribution < 1.29 is 0 Å². The average molecular weight is 1650 g/mol. The van der Waals surface area contributed by atoms with Crippen molar-refractivity contribution >= 4 is 62.6 Å². The van der Waals surface area contributed by atoms with Gasteiger partial charge < -0.3 is 19.6 Å². The van der Waals surface area contributed by atoms with Crippen molar-refractivity contribution in [1.29, 1.82) is 0 Å². The van der Waals surface area contributed by atoms with E-state index < -0.39 is 0 Å². The number of rotatable bonds is 20. The van der Waals surface area contributed by atoms with Gasteiger partial charge in [0.15, 0.2) is 0 Å². The normalized spacial score (nSPS) is 12.0. The summed E-state index contributed by atoms with van der Waals surface area (Å²) in [5.74, 6) is 0. The molecule has 0 aliphatic heterocycles. The van der Waals surface area contributed by atoms with Crippen LogP contribution in [-0.2, 0) is 23.7 Å². The Labute approximate surface area is 758 Å². The number of anilines is 11. The highest BCUT2D eigenvalue weighted by Gasteiger charge is 2.44. The minimum atomic E-state index is -0.264. The summed E-state index contributed by atoms with van der Waals surface area (Å²) in [7, 11) is 2.11. The molecule has 0 amide bonds. The molecule has 20 rings (SSSR count). The lowest BCUT2D eigenvalue weighted by Gasteiger charge is -2.33. The fourth-order valence-corrected chi connectivity index (χ4v) is 18.4. The van der Waals surface area contributed by atoms with Crippen molar-refractivity contribution in [2.24, 2.45) is 0 Å². The van der Waals surface area contributed by atoms with E-state index >= 15 is 0 Å². The summed E-state index contributed by atoms with van der Waals surface area (Å²) in [5, 5.41) is 0. The van der Waals surface area contributed by atoms with E-state index in [-0.39, 0.29) is 10.8 Å². The molecule has 624 valence electrons. The van der Waals surface area contributed by atoms with Crippen molar-refractivity contribution in [3.8, 4) is 77.9 Å². The summed E-state index contributed by atoms with van der Waals surface area (Å²) in [6.45, 7) is 21.7. The molecule has 18 aromatic carbocycles. The molecule has 2 aliphatic carbocycles. The number of hydrogen-bond donors (Lipinski definition) is 0. The molecule has 2 aliphatic rings. The first-order valence-corrected chi connectivity index (χ1v) is 44.5. The fourth-order valence-electron chi connectivity index (χ4n) is 18.4. The Hall–Kier alpha value is -15.4. The van der Waals surface area contributed by atoms with Crippen molar-refractivity contribution in [2.75, 3.05) is 26.6 Å². The van der Waals surface area contributed by atoms with Crippen molar-refractivity contribution in [3.63, 3.8) is 0 Å². The Morgan fingerprint density at radius 1 is 0.219 bits per heavy atom. The predicted octanol–water partition coefficient (Wildman–Crippen LogP) is 34.3. The van der Waals surface area contributed by atoms with E-state index in [2.05, 4.69) is 523 Å². The molecular weight excluding hydrogens is 1550 g/mol. The summed E-state index contributed by atoms with van der Waals surface area (Å²) in [5.41, 5.74) is 41.6. The average Bonchev–Trinajstić information content (AvgIpc) is 1.56. The summed E-state index contributed by atoms with van der Waals surface area (Å²) in [4.78, 5) is 9.20. The molecule has 0 aromatic heterocycles. The van der Waals surface area contributed by atoms with E-state index in [0.29, 0.717) is 0 Å². The quantitative estimate of drug-likeness (QED) is 0.0705. The minimum absolute atomic E-state index is 0.164. The Bertz CT molecular complexity index is 6730. The SMILES string of the molecule is C=CC.C=CC.Cc1ccc(-c2ccc3c(c2)C(Cc2ccccc2)(Cc2ccccc2)c2cc(-c4ccc(N(c5ccccc5)c5ccc(C)cc5)cc4)ccc2-3)cc1.Cc1ccc(N(c2ccccc2)c2ccc(-c3ccc4c(c3)C(C)(C)c3cc(-c5ccc(N(c6ccccc6)c6ccc(-c7ccc(N(C)c8ccccc8)cc7)cc6)cc5)ccc3-4)cc2)cc1. The topological polar surface area (TPSA) is 13.0 Å². The van der Waals surface area contributed by atoms with E-state index in [1.165, 1.54) is 134 Å². The zero-order chi connectivity index (χ0) is 88.1. The van der Waals surface area contributed by atoms with Gasteiger partial charge in [0.05, 0.1) is 0 Å². The van der Waals surface area contributed by atoms with Crippen LogP contribution in [0.4, 0.5) is 62.6 Å². The summed E-state index contributed by atoms with van der Waals surface area (Å²) < 4.78 is 0. The Morgan fingerprint density at radius 2 is 0.398 bits per heavy atom. The van der Waals surface area contributed by atoms with Gasteiger partial charge in [-0.15, -0.1) is 13.2 Å². The predicted molar refractivity (Wildman–Crippen MR) is 549 cm³/mol. The summed E-state index contributed by atoms with van der Waals surface area (Å²) in [6.07, 6.45) is 5.32. The minimum Gasteiger partial charge on any atom is -0.345 e. The largest absolute Gasteiger partial charge is 0.345 e. The Kier molecular flexibility index (Phi) is 25.5. The van der Waals surface area contributed by atoms with Crippen molar-refractivity contribution in [2.45, 2.75) is 72.1 Å². The Morgan fingerprint density at radius 3 is 0.672 bits per heavy atom. The number of benzene rings is 18. The van der Waals surface area contributed by atoms with E-state index in [4.69, 9.17) is 0 Å². The number of aryl methyl sites for hydroxylation is 3. The molecule has 0 fully saturated rings. The monoisotopic (exact) mass is 1650 g/mol. The van der Waals surface area contributed by atoms with Crippen LogP contribution in [0.5, 0.6) is 0 Å². The van der Waals surface area contributed by atoms with Gasteiger partial charge in [-0.3, -0.25) is 0 Å². The molecule has 0 N–H and O–H groups in total. The number of para-hydroxylation sites is 4. The molecule has 0 bridgehead atoms. The van der Waals surface area contributed by atoms with Crippen LogP contribution in [0.25, 0.3) is 77.9 Å². The van der Waals surface area contributed by atoms with Gasteiger partial charge in [0.2, 0.25) is 0 Å². The van der Waals surface area contributed by atoms with Crippen LogP contribution >= 0.6 is 0 Å². The van der Waals surface area contributed by atoms with E-state index in [9.17, 15) is 0 Å². The number of fused-ring (bicyclic) bond motifs is 6. The van der Waals surface area contributed by atoms with Crippen LogP contribution in [0.2, 0.25) is 0 Å². The summed E-state index contributed by atoms with van der Waals surface area (Å²) in [6, 6.07) is 164. The first kappa shape index (κ1) is 84.8. The van der Waals surface area contributed by atoms with Crippen LogP contribution in [-0.4, -0.2) is 7.05 Å². The highest BCUT2D eigenvalue weighted by Crippen LogP contribution is 2.56. The molecular formula is C124H108N4. The molecule has 0 saturated heterocycles. The second-order valence-corrected chi connectivity index (χ2v) is 34.1. The molecule has 0 saturated carbocycles. The van der Waals surface area contributed by atoms with Crippen LogP contribution in [0.15, 0.2) is 474 Å². The van der Waals surface area contributed by atoms with Gasteiger partial charge in [-0.2, -0.15) is 0 Å². The highest BCUT2D eigenvalue weighted by molar-refractivity contribution is 5.91. The van der Waals surface area contributed by atoms with Gasteiger partial charge in [-0.1, -0.05) is 334 Å². The van der Waals surface area contributed by atoms with Gasteiger partial charge in [0, 0.05) is 80.4 Å². The highest BCUT2D eigenvalue weighted by atomic mass is 15.2. The van der Waals surface area contributed by atoms with Gasteiger partial charge in [-0.25, -0.2) is 0 Å². The van der Waals surface area contributed by atoms with Gasteiger partial charge in [0.25, 0.3) is 0 Å². The van der Waals surface area contributed by atoms with Gasteiger partial charge >= 0.3 is 0 Å². The lowest BCUT2D eigenvalue weighted by molar-refractivity contribution is 0.520. The maximum absolute atomic E-state index is 3.36. The number of hydrogen-bond acceptors (Lipinski definition) is 4. The fraction of sp³-hybridized carbons (Fsp3) is 0.0968. The van der Waals surface area contributed by atoms with E-state index in [0.717, 1.165) is 69.7 Å². The maximum atomic E-state index is 3.36. The second kappa shape index (κ2) is 38.4. The molecule has 0 radical (unpaired) electrons. The van der Waals surface area contributed by atoms with Gasteiger partial charge in [-0.05, 0) is 316 Å². The molecule has 4 heteroatoms. The molecule has 128 heavy (non-hydrogen) atoms. The number of nitrogens with zero attached hydrogens (tertiary/aromatic N) is 4. The molecule has 0 unspecified atom stereocenters. The van der Waals surface area contributed by atoms with Crippen molar-refractivity contribution in [3.05, 3.63) is 524 Å². The smallest absolute Gasteiger partial charge is 0.0462 e. The van der Waals surface area contributed by atoms with Crippen LogP contribution < -0.4 is 19.6 Å². The third kappa shape index (κ3) is 18.2. The first-order valence-electron chi connectivity index (χ1n) is 44.5. The third-order valence-electron chi connectivity index (χ3n) is 25.0. The lowest BCUT2D eigenvalue weighted by Crippen LogP contribution is -2.31. The summed E-state index contributed by atoms with van der Waals surface area (Å²) >= 11 is 0. The van der Waals surface area contributed by atoms with Crippen LogP contribution in [0, 0.1) is 20.8 Å². The Balaban J connectivity index is 0.000000174.